The van der Waals surface area contributed by atoms with Crippen molar-refractivity contribution in [2.75, 3.05) is 12.4 Å². The Morgan fingerprint density at radius 3 is 2.96 bits per heavy atom. The highest BCUT2D eigenvalue weighted by atomic mass is 19.1. The molecule has 23 heavy (non-hydrogen) atoms. The van der Waals surface area contributed by atoms with Crippen molar-refractivity contribution in [3.8, 4) is 0 Å². The van der Waals surface area contributed by atoms with Gasteiger partial charge in [0.15, 0.2) is 11.6 Å². The van der Waals surface area contributed by atoms with Crippen LogP contribution in [0.1, 0.15) is 30.6 Å². The SMILES string of the molecule is CCc1ncnc(N[C@@H]2CC(=O)N(C)[C@H]2c2cccnc2)c1F. The van der Waals surface area contributed by atoms with Crippen molar-refractivity contribution in [3.05, 3.63) is 47.9 Å². The molecule has 0 radical (unpaired) electrons. The van der Waals surface area contributed by atoms with E-state index in [9.17, 15) is 9.18 Å². The van der Waals surface area contributed by atoms with Gasteiger partial charge in [-0.15, -0.1) is 0 Å². The molecule has 0 aromatic carbocycles. The van der Waals surface area contributed by atoms with Crippen molar-refractivity contribution < 1.29 is 9.18 Å². The average Bonchev–Trinajstić information content (AvgIpc) is 2.84. The van der Waals surface area contributed by atoms with E-state index in [2.05, 4.69) is 20.3 Å². The average molecular weight is 315 g/mol. The normalized spacial score (nSPS) is 20.8. The summed E-state index contributed by atoms with van der Waals surface area (Å²) < 4.78 is 14.4. The molecule has 0 unspecified atom stereocenters. The molecule has 2 aromatic rings. The van der Waals surface area contributed by atoms with Crippen molar-refractivity contribution in [1.82, 2.24) is 19.9 Å². The third kappa shape index (κ3) is 2.86. The van der Waals surface area contributed by atoms with Crippen LogP contribution in [0.4, 0.5) is 10.2 Å². The summed E-state index contributed by atoms with van der Waals surface area (Å²) in [7, 11) is 1.75. The summed E-state index contributed by atoms with van der Waals surface area (Å²) in [5, 5.41) is 3.08. The number of nitrogens with zero attached hydrogens (tertiary/aromatic N) is 4. The standard InChI is InChI=1S/C16H18FN5O/c1-3-11-14(17)16(20-9-19-11)21-12-7-13(23)22(2)15(12)10-5-4-6-18-8-10/h4-6,8-9,12,15H,3,7H2,1-2H3,(H,19,20,21)/t12-,15+/m1/s1. The van der Waals surface area contributed by atoms with Gasteiger partial charge in [-0.3, -0.25) is 9.78 Å². The van der Waals surface area contributed by atoms with Gasteiger partial charge in [0.2, 0.25) is 5.91 Å². The lowest BCUT2D eigenvalue weighted by molar-refractivity contribution is -0.127. The Morgan fingerprint density at radius 2 is 2.26 bits per heavy atom. The van der Waals surface area contributed by atoms with Gasteiger partial charge in [0.05, 0.1) is 17.8 Å². The maximum Gasteiger partial charge on any atom is 0.225 e. The van der Waals surface area contributed by atoms with Gasteiger partial charge in [-0.05, 0) is 18.1 Å². The third-order valence-corrected chi connectivity index (χ3v) is 4.13. The molecule has 1 fully saturated rings. The fourth-order valence-corrected chi connectivity index (χ4v) is 2.93. The molecule has 1 saturated heterocycles. The molecular weight excluding hydrogens is 297 g/mol. The van der Waals surface area contributed by atoms with Gasteiger partial charge in [0, 0.05) is 25.9 Å². The molecule has 2 aromatic heterocycles. The highest BCUT2D eigenvalue weighted by molar-refractivity contribution is 5.80. The van der Waals surface area contributed by atoms with Gasteiger partial charge in [0.1, 0.15) is 6.33 Å². The number of rotatable bonds is 4. The zero-order valence-corrected chi connectivity index (χ0v) is 13.0. The molecular formula is C16H18FN5O. The van der Waals surface area contributed by atoms with E-state index >= 15 is 0 Å². The van der Waals surface area contributed by atoms with Crippen LogP contribution in [-0.2, 0) is 11.2 Å². The number of pyridine rings is 1. The highest BCUT2D eigenvalue weighted by Crippen LogP contribution is 2.33. The molecule has 0 saturated carbocycles. The Hall–Kier alpha value is -2.57. The van der Waals surface area contributed by atoms with E-state index in [-0.39, 0.29) is 30.2 Å². The lowest BCUT2D eigenvalue weighted by atomic mass is 10.0. The third-order valence-electron chi connectivity index (χ3n) is 4.13. The summed E-state index contributed by atoms with van der Waals surface area (Å²) in [6, 6.07) is 3.25. The van der Waals surface area contributed by atoms with Crippen LogP contribution in [-0.4, -0.2) is 38.8 Å². The number of amides is 1. The molecule has 120 valence electrons. The van der Waals surface area contributed by atoms with E-state index in [0.29, 0.717) is 12.1 Å². The minimum Gasteiger partial charge on any atom is -0.362 e. The number of hydrogen-bond donors (Lipinski definition) is 1. The second kappa shape index (κ2) is 6.28. The molecule has 3 heterocycles. The first kappa shape index (κ1) is 15.3. The summed E-state index contributed by atoms with van der Waals surface area (Å²) in [5.74, 6) is -0.317. The first-order chi connectivity index (χ1) is 11.1. The summed E-state index contributed by atoms with van der Waals surface area (Å²) in [4.78, 5) is 25.8. The van der Waals surface area contributed by atoms with Gasteiger partial charge in [-0.1, -0.05) is 13.0 Å². The number of carbonyl (C=O) groups excluding carboxylic acids is 1. The summed E-state index contributed by atoms with van der Waals surface area (Å²) >= 11 is 0. The Morgan fingerprint density at radius 1 is 1.43 bits per heavy atom. The molecule has 1 amide bonds. The number of anilines is 1. The number of nitrogens with one attached hydrogen (secondary N) is 1. The van der Waals surface area contributed by atoms with Crippen molar-refractivity contribution in [2.45, 2.75) is 31.8 Å². The van der Waals surface area contributed by atoms with E-state index in [0.717, 1.165) is 5.56 Å². The largest absolute Gasteiger partial charge is 0.362 e. The Kier molecular flexibility index (Phi) is 4.18. The minimum absolute atomic E-state index is 0.00142. The second-order valence-electron chi connectivity index (χ2n) is 5.53. The highest BCUT2D eigenvalue weighted by Gasteiger charge is 2.39. The topological polar surface area (TPSA) is 71.0 Å². The Balaban J connectivity index is 1.91. The first-order valence-electron chi connectivity index (χ1n) is 7.53. The van der Waals surface area contributed by atoms with Gasteiger partial charge in [-0.2, -0.15) is 0 Å². The fraction of sp³-hybridized carbons (Fsp3) is 0.375. The van der Waals surface area contributed by atoms with Crippen LogP contribution >= 0.6 is 0 Å². The van der Waals surface area contributed by atoms with Gasteiger partial charge < -0.3 is 10.2 Å². The van der Waals surface area contributed by atoms with E-state index in [1.807, 2.05) is 19.1 Å². The maximum atomic E-state index is 14.4. The molecule has 3 rings (SSSR count). The number of halogens is 1. The van der Waals surface area contributed by atoms with Crippen LogP contribution in [0.2, 0.25) is 0 Å². The predicted molar refractivity (Wildman–Crippen MR) is 83.1 cm³/mol. The quantitative estimate of drug-likeness (QED) is 0.934. The summed E-state index contributed by atoms with van der Waals surface area (Å²) in [5.41, 5.74) is 1.27. The number of aryl methyl sites for hydroxylation is 1. The summed E-state index contributed by atoms with van der Waals surface area (Å²) in [6.45, 7) is 1.83. The zero-order valence-electron chi connectivity index (χ0n) is 13.0. The monoisotopic (exact) mass is 315 g/mol. The Labute approximate surface area is 133 Å². The number of hydrogen-bond acceptors (Lipinski definition) is 5. The maximum absolute atomic E-state index is 14.4. The fourth-order valence-electron chi connectivity index (χ4n) is 2.93. The van der Waals surface area contributed by atoms with Crippen LogP contribution in [0, 0.1) is 5.82 Å². The molecule has 0 aliphatic carbocycles. The van der Waals surface area contributed by atoms with Crippen LogP contribution in [0.3, 0.4) is 0 Å². The van der Waals surface area contributed by atoms with Gasteiger partial charge >= 0.3 is 0 Å². The molecule has 6 nitrogen and oxygen atoms in total. The zero-order chi connectivity index (χ0) is 16.4. The second-order valence-corrected chi connectivity index (χ2v) is 5.53. The predicted octanol–water partition coefficient (Wildman–Crippen LogP) is 1.96. The van der Waals surface area contributed by atoms with E-state index in [1.54, 1.807) is 24.3 Å². The molecule has 0 spiro atoms. The molecule has 0 bridgehead atoms. The van der Waals surface area contributed by atoms with Gasteiger partial charge in [-0.25, -0.2) is 14.4 Å². The molecule has 7 heteroatoms. The van der Waals surface area contributed by atoms with E-state index in [1.165, 1.54) is 6.33 Å². The number of likely N-dealkylation sites (tertiary alicyclic amines) is 1. The summed E-state index contributed by atoms with van der Waals surface area (Å²) in [6.07, 6.45) is 5.51. The number of carbonyl (C=O) groups is 1. The van der Waals surface area contributed by atoms with Crippen LogP contribution < -0.4 is 5.32 Å². The molecule has 1 aliphatic heterocycles. The molecule has 1 N–H and O–H groups in total. The van der Waals surface area contributed by atoms with E-state index < -0.39 is 5.82 Å². The van der Waals surface area contributed by atoms with Crippen LogP contribution in [0.15, 0.2) is 30.9 Å². The number of likely N-dealkylation sites (N-methyl/N-ethyl adjacent to an activating group) is 1. The van der Waals surface area contributed by atoms with Crippen LogP contribution in [0.25, 0.3) is 0 Å². The minimum atomic E-state index is -0.457. The van der Waals surface area contributed by atoms with Crippen molar-refractivity contribution >= 4 is 11.7 Å². The van der Waals surface area contributed by atoms with Crippen LogP contribution in [0.5, 0.6) is 0 Å². The Bertz CT molecular complexity index is 709. The molecule has 2 atom stereocenters. The lowest BCUT2D eigenvalue weighted by Gasteiger charge is -2.26. The first-order valence-corrected chi connectivity index (χ1v) is 7.53. The van der Waals surface area contributed by atoms with Crippen molar-refractivity contribution in [2.24, 2.45) is 0 Å². The smallest absolute Gasteiger partial charge is 0.225 e. The number of aromatic nitrogens is 3. The van der Waals surface area contributed by atoms with Crippen molar-refractivity contribution in [3.63, 3.8) is 0 Å². The molecule has 1 aliphatic rings. The lowest BCUT2D eigenvalue weighted by Crippen LogP contribution is -2.30. The van der Waals surface area contributed by atoms with Crippen molar-refractivity contribution in [1.29, 1.82) is 0 Å². The van der Waals surface area contributed by atoms with E-state index in [4.69, 9.17) is 0 Å². The van der Waals surface area contributed by atoms with Gasteiger partial charge in [0.25, 0.3) is 0 Å².